The molecule has 1 fully saturated rings. The van der Waals surface area contributed by atoms with E-state index >= 15 is 0 Å². The van der Waals surface area contributed by atoms with E-state index in [1.807, 2.05) is 0 Å². The number of amides is 2. The Hall–Kier alpha value is -1.86. The molecule has 1 saturated heterocycles. The SMILES string of the molecule is COc1ncccc1NC(=O)NCC(O)CN1CCCCC1. The number of methoxy groups -OCH3 is 1. The van der Waals surface area contributed by atoms with Gasteiger partial charge in [0.05, 0.1) is 13.2 Å². The monoisotopic (exact) mass is 308 g/mol. The number of aliphatic hydroxyl groups is 1. The molecule has 22 heavy (non-hydrogen) atoms. The number of nitrogens with one attached hydrogen (secondary N) is 2. The maximum absolute atomic E-state index is 11.8. The van der Waals surface area contributed by atoms with Crippen LogP contribution >= 0.6 is 0 Å². The van der Waals surface area contributed by atoms with Crippen LogP contribution in [0.2, 0.25) is 0 Å². The van der Waals surface area contributed by atoms with E-state index < -0.39 is 6.10 Å². The minimum Gasteiger partial charge on any atom is -0.480 e. The van der Waals surface area contributed by atoms with Gasteiger partial charge < -0.3 is 25.4 Å². The summed E-state index contributed by atoms with van der Waals surface area (Å²) in [6.45, 7) is 2.85. The molecule has 2 heterocycles. The molecular weight excluding hydrogens is 284 g/mol. The standard InChI is InChI=1S/C15H24N4O3/c1-22-14-13(6-5-7-16-14)18-15(21)17-10-12(20)11-19-8-3-2-4-9-19/h5-7,12,20H,2-4,8-11H2,1H3,(H2,17,18,21). The fourth-order valence-corrected chi connectivity index (χ4v) is 2.53. The summed E-state index contributed by atoms with van der Waals surface area (Å²) in [6, 6.07) is 3.03. The van der Waals surface area contributed by atoms with E-state index in [9.17, 15) is 9.90 Å². The van der Waals surface area contributed by atoms with E-state index in [2.05, 4.69) is 20.5 Å². The number of carbonyl (C=O) groups is 1. The summed E-state index contributed by atoms with van der Waals surface area (Å²) in [5.74, 6) is 0.353. The lowest BCUT2D eigenvalue weighted by Gasteiger charge is -2.28. The zero-order chi connectivity index (χ0) is 15.8. The molecule has 1 aromatic rings. The van der Waals surface area contributed by atoms with Gasteiger partial charge in [0.2, 0.25) is 5.88 Å². The molecule has 7 heteroatoms. The zero-order valence-electron chi connectivity index (χ0n) is 12.9. The second kappa shape index (κ2) is 8.55. The number of piperidine rings is 1. The van der Waals surface area contributed by atoms with Crippen LogP contribution < -0.4 is 15.4 Å². The Kier molecular flexibility index (Phi) is 6.42. The highest BCUT2D eigenvalue weighted by molar-refractivity contribution is 5.90. The molecule has 1 aliphatic rings. The van der Waals surface area contributed by atoms with Gasteiger partial charge in [0.1, 0.15) is 5.69 Å². The summed E-state index contributed by atoms with van der Waals surface area (Å²) in [4.78, 5) is 18.1. The number of aromatic nitrogens is 1. The van der Waals surface area contributed by atoms with Crippen molar-refractivity contribution in [3.05, 3.63) is 18.3 Å². The maximum Gasteiger partial charge on any atom is 0.319 e. The average Bonchev–Trinajstić information content (AvgIpc) is 2.54. The summed E-state index contributed by atoms with van der Waals surface area (Å²) in [6.07, 6.45) is 4.65. The number of urea groups is 1. The molecule has 0 aliphatic carbocycles. The van der Waals surface area contributed by atoms with Gasteiger partial charge in [0.15, 0.2) is 0 Å². The van der Waals surface area contributed by atoms with Crippen molar-refractivity contribution in [2.75, 3.05) is 38.6 Å². The number of likely N-dealkylation sites (tertiary alicyclic amines) is 1. The summed E-state index contributed by atoms with van der Waals surface area (Å²) in [7, 11) is 1.49. The van der Waals surface area contributed by atoms with Crippen molar-refractivity contribution in [1.82, 2.24) is 15.2 Å². The molecule has 3 N–H and O–H groups in total. The molecule has 0 radical (unpaired) electrons. The molecule has 2 rings (SSSR count). The van der Waals surface area contributed by atoms with Crippen molar-refractivity contribution in [3.63, 3.8) is 0 Å². The quantitative estimate of drug-likeness (QED) is 0.731. The molecule has 0 saturated carbocycles. The molecule has 1 unspecified atom stereocenters. The fraction of sp³-hybridized carbons (Fsp3) is 0.600. The number of carbonyl (C=O) groups excluding carboxylic acids is 1. The molecule has 0 spiro atoms. The molecule has 2 amide bonds. The Labute approximate surface area is 130 Å². The van der Waals surface area contributed by atoms with Crippen molar-refractivity contribution < 1.29 is 14.6 Å². The highest BCUT2D eigenvalue weighted by Crippen LogP contribution is 2.19. The largest absolute Gasteiger partial charge is 0.480 e. The molecule has 7 nitrogen and oxygen atoms in total. The number of hydrogen-bond donors (Lipinski definition) is 3. The summed E-state index contributed by atoms with van der Waals surface area (Å²) in [5.41, 5.74) is 0.494. The van der Waals surface area contributed by atoms with Crippen LogP contribution in [-0.4, -0.2) is 60.4 Å². The lowest BCUT2D eigenvalue weighted by Crippen LogP contribution is -2.43. The van der Waals surface area contributed by atoms with E-state index in [0.717, 1.165) is 13.1 Å². The van der Waals surface area contributed by atoms with E-state index in [-0.39, 0.29) is 12.6 Å². The second-order valence-corrected chi connectivity index (χ2v) is 5.41. The Bertz CT molecular complexity index is 478. The van der Waals surface area contributed by atoms with Gasteiger partial charge >= 0.3 is 6.03 Å². The van der Waals surface area contributed by atoms with Crippen LogP contribution in [0, 0.1) is 0 Å². The summed E-state index contributed by atoms with van der Waals surface area (Å²) in [5, 5.41) is 15.3. The molecule has 0 aromatic carbocycles. The van der Waals surface area contributed by atoms with Crippen molar-refractivity contribution >= 4 is 11.7 Å². The number of β-amino-alcohol motifs (C(OH)–C–C–N with tert-alkyl or cyclic N) is 1. The van der Waals surface area contributed by atoms with E-state index in [1.54, 1.807) is 18.3 Å². The molecular formula is C15H24N4O3. The Morgan fingerprint density at radius 3 is 2.95 bits per heavy atom. The Balaban J connectivity index is 1.72. The van der Waals surface area contributed by atoms with E-state index in [1.165, 1.54) is 26.4 Å². The summed E-state index contributed by atoms with van der Waals surface area (Å²) >= 11 is 0. The number of hydrogen-bond acceptors (Lipinski definition) is 5. The smallest absolute Gasteiger partial charge is 0.319 e. The van der Waals surface area contributed by atoms with Gasteiger partial charge in [-0.05, 0) is 38.1 Å². The van der Waals surface area contributed by atoms with Crippen LogP contribution in [0.4, 0.5) is 10.5 Å². The first-order chi connectivity index (χ1) is 10.7. The fourth-order valence-electron chi connectivity index (χ4n) is 2.53. The number of pyridine rings is 1. The first kappa shape index (κ1) is 16.5. The highest BCUT2D eigenvalue weighted by Gasteiger charge is 2.15. The van der Waals surface area contributed by atoms with Gasteiger partial charge in [0, 0.05) is 19.3 Å². The van der Waals surface area contributed by atoms with Crippen molar-refractivity contribution in [2.45, 2.75) is 25.4 Å². The molecule has 1 atom stereocenters. The van der Waals surface area contributed by atoms with Crippen LogP contribution in [-0.2, 0) is 0 Å². The number of anilines is 1. The Morgan fingerprint density at radius 1 is 1.45 bits per heavy atom. The van der Waals surface area contributed by atoms with Crippen LogP contribution in [0.15, 0.2) is 18.3 Å². The predicted molar refractivity (Wildman–Crippen MR) is 84.1 cm³/mol. The molecule has 122 valence electrons. The normalized spacial score (nSPS) is 16.8. The van der Waals surface area contributed by atoms with Gasteiger partial charge in [-0.15, -0.1) is 0 Å². The van der Waals surface area contributed by atoms with E-state index in [0.29, 0.717) is 18.1 Å². The predicted octanol–water partition coefficient (Wildman–Crippen LogP) is 1.06. The molecule has 0 bridgehead atoms. The maximum atomic E-state index is 11.8. The third-order valence-corrected chi connectivity index (χ3v) is 3.63. The number of ether oxygens (including phenoxy) is 1. The Morgan fingerprint density at radius 2 is 2.23 bits per heavy atom. The highest BCUT2D eigenvalue weighted by atomic mass is 16.5. The zero-order valence-corrected chi connectivity index (χ0v) is 12.9. The van der Waals surface area contributed by atoms with Crippen LogP contribution in [0.25, 0.3) is 0 Å². The third kappa shape index (κ3) is 5.16. The van der Waals surface area contributed by atoms with Gasteiger partial charge in [-0.1, -0.05) is 6.42 Å². The minimum absolute atomic E-state index is 0.213. The molecule has 1 aliphatic heterocycles. The molecule has 1 aromatic heterocycles. The van der Waals surface area contributed by atoms with Gasteiger partial charge in [-0.2, -0.15) is 0 Å². The average molecular weight is 308 g/mol. The van der Waals surface area contributed by atoms with Gasteiger partial charge in [0.25, 0.3) is 0 Å². The van der Waals surface area contributed by atoms with Crippen LogP contribution in [0.1, 0.15) is 19.3 Å². The topological polar surface area (TPSA) is 86.7 Å². The van der Waals surface area contributed by atoms with Crippen LogP contribution in [0.5, 0.6) is 5.88 Å². The first-order valence-corrected chi connectivity index (χ1v) is 7.63. The number of nitrogens with zero attached hydrogens (tertiary/aromatic N) is 2. The van der Waals surface area contributed by atoms with Crippen molar-refractivity contribution in [3.8, 4) is 5.88 Å². The van der Waals surface area contributed by atoms with Gasteiger partial charge in [-0.25, -0.2) is 9.78 Å². The minimum atomic E-state index is -0.570. The second-order valence-electron chi connectivity index (χ2n) is 5.41. The first-order valence-electron chi connectivity index (χ1n) is 7.63. The van der Waals surface area contributed by atoms with E-state index in [4.69, 9.17) is 4.74 Å². The lowest BCUT2D eigenvalue weighted by molar-refractivity contribution is 0.102. The van der Waals surface area contributed by atoms with Crippen molar-refractivity contribution in [1.29, 1.82) is 0 Å². The lowest BCUT2D eigenvalue weighted by atomic mass is 10.1. The number of aliphatic hydroxyl groups excluding tert-OH is 1. The van der Waals surface area contributed by atoms with Gasteiger partial charge in [-0.3, -0.25) is 0 Å². The number of rotatable bonds is 6. The van der Waals surface area contributed by atoms with Crippen LogP contribution in [0.3, 0.4) is 0 Å². The van der Waals surface area contributed by atoms with Crippen molar-refractivity contribution in [2.24, 2.45) is 0 Å². The third-order valence-electron chi connectivity index (χ3n) is 3.63. The summed E-state index contributed by atoms with van der Waals surface area (Å²) < 4.78 is 5.06.